The Balaban J connectivity index is 0.00000127. The third-order valence-electron chi connectivity index (χ3n) is 3.17. The monoisotopic (exact) mass is 329 g/mol. The van der Waals surface area contributed by atoms with E-state index in [0.29, 0.717) is 17.9 Å². The van der Waals surface area contributed by atoms with Crippen molar-refractivity contribution in [3.05, 3.63) is 41.7 Å². The number of hydrogen-bond donors (Lipinski definition) is 2. The number of benzene rings is 1. The van der Waals surface area contributed by atoms with E-state index < -0.39 is 11.9 Å². The average Bonchev–Trinajstić information content (AvgIpc) is 2.96. The van der Waals surface area contributed by atoms with Crippen LogP contribution in [0.5, 0.6) is 0 Å². The highest BCUT2D eigenvalue weighted by Crippen LogP contribution is 2.32. The summed E-state index contributed by atoms with van der Waals surface area (Å²) in [6, 6.07) is 7.28. The van der Waals surface area contributed by atoms with Crippen LogP contribution in [0.25, 0.3) is 11.4 Å². The Labute approximate surface area is 134 Å². The Kier molecular flexibility index (Phi) is 6.78. The summed E-state index contributed by atoms with van der Waals surface area (Å²) < 4.78 is 40.1. The first-order valence-corrected chi connectivity index (χ1v) is 7.17. The number of aliphatic hydroxyl groups is 1. The van der Waals surface area contributed by atoms with Crippen molar-refractivity contribution in [2.24, 2.45) is 0 Å². The minimum Gasteiger partial charge on any atom is -0.400 e. The van der Waals surface area contributed by atoms with Crippen LogP contribution in [0.3, 0.4) is 0 Å². The summed E-state index contributed by atoms with van der Waals surface area (Å²) in [6.45, 7) is 4.38. The molecule has 7 heteroatoms. The maximum absolute atomic E-state index is 12.8. The Morgan fingerprint density at radius 1 is 1.17 bits per heavy atom. The number of aromatic nitrogens is 2. The lowest BCUT2D eigenvalue weighted by Gasteiger charge is -2.11. The van der Waals surface area contributed by atoms with E-state index >= 15 is 0 Å². The second-order valence-electron chi connectivity index (χ2n) is 5.18. The minimum atomic E-state index is -4.43. The van der Waals surface area contributed by atoms with Gasteiger partial charge in [-0.3, -0.25) is 0 Å². The first-order chi connectivity index (χ1) is 10.8. The molecule has 2 rings (SSSR count). The standard InChI is InChI=1S/C15H18F3N3.CH4O/c1-10(2)21-9-13(15(16,17)18)20-14(21)12-6-4-11(5-7-12)8-19-3;1-2/h4-7,9-10,19H,8H2,1-3H3;2H,1H3. The number of halogens is 3. The Hall–Kier alpha value is -1.86. The van der Waals surface area contributed by atoms with Gasteiger partial charge in [0.05, 0.1) is 0 Å². The van der Waals surface area contributed by atoms with Gasteiger partial charge >= 0.3 is 6.18 Å². The lowest BCUT2D eigenvalue weighted by atomic mass is 10.1. The summed E-state index contributed by atoms with van der Waals surface area (Å²) >= 11 is 0. The number of aliphatic hydroxyl groups excluding tert-OH is 1. The van der Waals surface area contributed by atoms with Gasteiger partial charge in [-0.25, -0.2) is 4.98 Å². The number of nitrogens with zero attached hydrogens (tertiary/aromatic N) is 2. The summed E-state index contributed by atoms with van der Waals surface area (Å²) in [6.07, 6.45) is -3.36. The number of alkyl halides is 3. The summed E-state index contributed by atoms with van der Waals surface area (Å²) in [5.74, 6) is 0.341. The van der Waals surface area contributed by atoms with Crippen LogP contribution in [0.15, 0.2) is 30.5 Å². The summed E-state index contributed by atoms with van der Waals surface area (Å²) in [7, 11) is 2.84. The molecule has 0 saturated heterocycles. The van der Waals surface area contributed by atoms with Crippen molar-refractivity contribution in [1.82, 2.24) is 14.9 Å². The topological polar surface area (TPSA) is 50.1 Å². The average molecular weight is 329 g/mol. The maximum Gasteiger partial charge on any atom is 0.434 e. The minimum absolute atomic E-state index is 0.0967. The molecule has 0 saturated carbocycles. The van der Waals surface area contributed by atoms with Gasteiger partial charge in [0.2, 0.25) is 0 Å². The zero-order valence-electron chi connectivity index (χ0n) is 13.6. The molecule has 0 atom stereocenters. The van der Waals surface area contributed by atoms with Crippen molar-refractivity contribution in [2.75, 3.05) is 14.2 Å². The summed E-state index contributed by atoms with van der Waals surface area (Å²) in [5.41, 5.74) is 0.893. The molecule has 128 valence electrons. The zero-order chi connectivity index (χ0) is 17.6. The molecule has 2 aromatic rings. The van der Waals surface area contributed by atoms with Crippen LogP contribution in [0.2, 0.25) is 0 Å². The maximum atomic E-state index is 12.8. The van der Waals surface area contributed by atoms with Crippen molar-refractivity contribution >= 4 is 0 Å². The van der Waals surface area contributed by atoms with Crippen molar-refractivity contribution < 1.29 is 18.3 Å². The highest BCUT2D eigenvalue weighted by Gasteiger charge is 2.35. The van der Waals surface area contributed by atoms with Gasteiger partial charge < -0.3 is 15.0 Å². The van der Waals surface area contributed by atoms with E-state index in [-0.39, 0.29) is 6.04 Å². The molecule has 0 spiro atoms. The van der Waals surface area contributed by atoms with Gasteiger partial charge in [-0.15, -0.1) is 0 Å². The quantitative estimate of drug-likeness (QED) is 0.903. The molecule has 1 aromatic heterocycles. The molecule has 0 unspecified atom stereocenters. The molecule has 1 heterocycles. The molecule has 2 N–H and O–H groups in total. The van der Waals surface area contributed by atoms with E-state index in [1.165, 1.54) is 0 Å². The predicted octanol–water partition coefficient (Wildman–Crippen LogP) is 3.48. The van der Waals surface area contributed by atoms with Gasteiger partial charge in [-0.2, -0.15) is 13.2 Å². The predicted molar refractivity (Wildman–Crippen MR) is 84.0 cm³/mol. The SMILES string of the molecule is CNCc1ccc(-c2nc(C(F)(F)F)cn2C(C)C)cc1.CO. The van der Waals surface area contributed by atoms with E-state index in [2.05, 4.69) is 10.3 Å². The Morgan fingerprint density at radius 2 is 1.74 bits per heavy atom. The van der Waals surface area contributed by atoms with Crippen LogP contribution in [-0.4, -0.2) is 28.8 Å². The summed E-state index contributed by atoms with van der Waals surface area (Å²) in [5, 5.41) is 10.0. The largest absolute Gasteiger partial charge is 0.434 e. The van der Waals surface area contributed by atoms with Crippen LogP contribution in [0.4, 0.5) is 13.2 Å². The third-order valence-corrected chi connectivity index (χ3v) is 3.17. The van der Waals surface area contributed by atoms with Crippen molar-refractivity contribution in [3.63, 3.8) is 0 Å². The molecular weight excluding hydrogens is 307 g/mol. The van der Waals surface area contributed by atoms with E-state index in [1.54, 1.807) is 16.7 Å². The fraction of sp³-hybridized carbons (Fsp3) is 0.438. The molecule has 0 aliphatic heterocycles. The fourth-order valence-corrected chi connectivity index (χ4v) is 2.11. The zero-order valence-corrected chi connectivity index (χ0v) is 13.6. The van der Waals surface area contributed by atoms with Gasteiger partial charge in [0.25, 0.3) is 0 Å². The van der Waals surface area contributed by atoms with Crippen molar-refractivity contribution in [3.8, 4) is 11.4 Å². The molecule has 0 aliphatic rings. The molecule has 0 radical (unpaired) electrons. The second kappa shape index (κ2) is 8.12. The van der Waals surface area contributed by atoms with Crippen molar-refractivity contribution in [1.29, 1.82) is 0 Å². The van der Waals surface area contributed by atoms with Crippen LogP contribution in [0, 0.1) is 0 Å². The first kappa shape index (κ1) is 19.2. The molecule has 0 aliphatic carbocycles. The third kappa shape index (κ3) is 4.80. The highest BCUT2D eigenvalue weighted by molar-refractivity contribution is 5.57. The van der Waals surface area contributed by atoms with Gasteiger partial charge in [-0.05, 0) is 26.5 Å². The first-order valence-electron chi connectivity index (χ1n) is 7.17. The van der Waals surface area contributed by atoms with Crippen LogP contribution in [-0.2, 0) is 12.7 Å². The number of hydrogen-bond acceptors (Lipinski definition) is 3. The van der Waals surface area contributed by atoms with E-state index in [0.717, 1.165) is 18.9 Å². The molecular formula is C16H22F3N3O. The van der Waals surface area contributed by atoms with Gasteiger partial charge in [0, 0.05) is 31.5 Å². The number of imidazole rings is 1. The van der Waals surface area contributed by atoms with Gasteiger partial charge in [-0.1, -0.05) is 24.3 Å². The summed E-state index contributed by atoms with van der Waals surface area (Å²) in [4.78, 5) is 3.77. The lowest BCUT2D eigenvalue weighted by molar-refractivity contribution is -0.140. The fourth-order valence-electron chi connectivity index (χ4n) is 2.11. The number of nitrogens with one attached hydrogen (secondary N) is 1. The van der Waals surface area contributed by atoms with Crippen molar-refractivity contribution in [2.45, 2.75) is 32.6 Å². The van der Waals surface area contributed by atoms with Crippen LogP contribution < -0.4 is 5.32 Å². The van der Waals surface area contributed by atoms with Gasteiger partial charge in [0.1, 0.15) is 5.82 Å². The van der Waals surface area contributed by atoms with Crippen LogP contribution >= 0.6 is 0 Å². The molecule has 4 nitrogen and oxygen atoms in total. The molecule has 0 amide bonds. The molecule has 23 heavy (non-hydrogen) atoms. The Morgan fingerprint density at radius 3 is 2.17 bits per heavy atom. The molecule has 0 bridgehead atoms. The second-order valence-corrected chi connectivity index (χ2v) is 5.18. The normalized spacial score (nSPS) is 11.3. The smallest absolute Gasteiger partial charge is 0.400 e. The molecule has 1 aromatic carbocycles. The van der Waals surface area contributed by atoms with E-state index in [1.807, 2.05) is 33.0 Å². The molecule has 0 fully saturated rings. The van der Waals surface area contributed by atoms with Crippen LogP contribution in [0.1, 0.15) is 31.1 Å². The lowest BCUT2D eigenvalue weighted by Crippen LogP contribution is -2.05. The number of rotatable bonds is 4. The van der Waals surface area contributed by atoms with E-state index in [9.17, 15) is 13.2 Å². The van der Waals surface area contributed by atoms with Gasteiger partial charge in [0.15, 0.2) is 5.69 Å². The van der Waals surface area contributed by atoms with E-state index in [4.69, 9.17) is 5.11 Å². The Bertz CT molecular complexity index is 604. The highest BCUT2D eigenvalue weighted by atomic mass is 19.4.